The van der Waals surface area contributed by atoms with Gasteiger partial charge in [0.2, 0.25) is 0 Å². The van der Waals surface area contributed by atoms with E-state index in [1.54, 1.807) is 6.92 Å². The Morgan fingerprint density at radius 1 is 1.54 bits per heavy atom. The van der Waals surface area contributed by atoms with Gasteiger partial charge in [-0.15, -0.1) is 0 Å². The maximum absolute atomic E-state index is 12.3. The van der Waals surface area contributed by atoms with Crippen molar-refractivity contribution in [1.82, 2.24) is 9.69 Å². The Kier molecular flexibility index (Phi) is 2.49. The van der Waals surface area contributed by atoms with Gasteiger partial charge in [-0.2, -0.15) is 18.3 Å². The first-order valence-corrected chi connectivity index (χ1v) is 3.49. The minimum absolute atomic E-state index is 0.0301. The summed E-state index contributed by atoms with van der Waals surface area (Å²) in [5, 5.41) is 3.32. The molecule has 2 radical (unpaired) electrons. The van der Waals surface area contributed by atoms with Crippen molar-refractivity contribution < 1.29 is 13.2 Å². The Bertz CT molecular complexity index is 327. The van der Waals surface area contributed by atoms with E-state index in [1.807, 2.05) is 0 Å². The number of nitrogens with zero attached hydrogens (tertiary/aromatic N) is 2. The SMILES string of the molecule is [B]n1ncc(C=CC)c1C(F)(F)F. The summed E-state index contributed by atoms with van der Waals surface area (Å²) in [4.78, 5) is 0. The third-order valence-electron chi connectivity index (χ3n) is 1.44. The van der Waals surface area contributed by atoms with Gasteiger partial charge >= 0.3 is 6.18 Å². The summed E-state index contributed by atoms with van der Waals surface area (Å²) in [5.41, 5.74) is -0.969. The average Bonchev–Trinajstić information content (AvgIpc) is 2.31. The minimum Gasteiger partial charge on any atom is -0.320 e. The highest BCUT2D eigenvalue weighted by Gasteiger charge is 2.36. The van der Waals surface area contributed by atoms with Crippen molar-refractivity contribution in [1.29, 1.82) is 0 Å². The van der Waals surface area contributed by atoms with Crippen molar-refractivity contribution in [3.8, 4) is 0 Å². The Morgan fingerprint density at radius 3 is 2.62 bits per heavy atom. The molecule has 0 aromatic carbocycles. The number of hydrogen-bond acceptors (Lipinski definition) is 1. The summed E-state index contributed by atoms with van der Waals surface area (Å²) in [6, 6.07) is 0. The molecule has 1 aromatic heterocycles. The van der Waals surface area contributed by atoms with Gasteiger partial charge in [-0.05, 0) is 6.92 Å². The lowest BCUT2D eigenvalue weighted by atomic mass is 10.2. The van der Waals surface area contributed by atoms with Gasteiger partial charge in [0.25, 0.3) is 7.98 Å². The fourth-order valence-electron chi connectivity index (χ4n) is 0.971. The first-order valence-electron chi connectivity index (χ1n) is 3.49. The highest BCUT2D eigenvalue weighted by atomic mass is 19.4. The molecule has 1 heterocycles. The van der Waals surface area contributed by atoms with Crippen LogP contribution in [0.1, 0.15) is 18.2 Å². The van der Waals surface area contributed by atoms with E-state index in [9.17, 15) is 13.2 Å². The molecule has 0 amide bonds. The summed E-state index contributed by atoms with van der Waals surface area (Å²) in [5.74, 6) is 0. The molecule has 6 heteroatoms. The van der Waals surface area contributed by atoms with Gasteiger partial charge in [0.05, 0.1) is 6.20 Å². The molecule has 0 aliphatic heterocycles. The van der Waals surface area contributed by atoms with Gasteiger partial charge < -0.3 is 4.59 Å². The fraction of sp³-hybridized carbons (Fsp3) is 0.286. The number of rotatable bonds is 1. The van der Waals surface area contributed by atoms with Crippen molar-refractivity contribution in [3.05, 3.63) is 23.5 Å². The number of aromatic nitrogens is 2. The summed E-state index contributed by atoms with van der Waals surface area (Å²) in [6.07, 6.45) is -0.603. The van der Waals surface area contributed by atoms with E-state index in [-0.39, 0.29) is 5.56 Å². The highest BCUT2D eigenvalue weighted by molar-refractivity contribution is 6.06. The van der Waals surface area contributed by atoms with Gasteiger partial charge in [-0.25, -0.2) is 0 Å². The maximum Gasteiger partial charge on any atom is 0.432 e. The Labute approximate surface area is 74.5 Å². The quantitative estimate of drug-likeness (QED) is 0.612. The number of halogens is 3. The summed E-state index contributed by atoms with van der Waals surface area (Å²) in [7, 11) is 5.01. The second-order valence-corrected chi connectivity index (χ2v) is 2.39. The Balaban J connectivity index is 3.24. The fourth-order valence-corrected chi connectivity index (χ4v) is 0.971. The van der Waals surface area contributed by atoms with Crippen molar-refractivity contribution in [2.75, 3.05) is 0 Å². The van der Waals surface area contributed by atoms with Crippen molar-refractivity contribution >= 4 is 14.1 Å². The largest absolute Gasteiger partial charge is 0.432 e. The monoisotopic (exact) mass is 186 g/mol. The molecule has 0 fully saturated rings. The smallest absolute Gasteiger partial charge is 0.320 e. The zero-order valence-corrected chi connectivity index (χ0v) is 6.84. The van der Waals surface area contributed by atoms with Crippen LogP contribution in [0.5, 0.6) is 0 Å². The molecule has 2 nitrogen and oxygen atoms in total. The maximum atomic E-state index is 12.3. The van der Waals surface area contributed by atoms with Crippen LogP contribution >= 0.6 is 0 Å². The molecule has 0 saturated heterocycles. The van der Waals surface area contributed by atoms with E-state index in [1.165, 1.54) is 12.2 Å². The van der Waals surface area contributed by atoms with Crippen LogP contribution in [0.2, 0.25) is 0 Å². The van der Waals surface area contributed by atoms with Crippen LogP contribution in [0, 0.1) is 0 Å². The molecule has 0 saturated carbocycles. The molecule has 13 heavy (non-hydrogen) atoms. The van der Waals surface area contributed by atoms with Crippen LogP contribution in [0.3, 0.4) is 0 Å². The molecule has 0 unspecified atom stereocenters. The molecule has 0 spiro atoms. The number of allylic oxidation sites excluding steroid dienone is 1. The third kappa shape index (κ3) is 1.94. The predicted octanol–water partition coefficient (Wildman–Crippen LogP) is 1.87. The predicted molar refractivity (Wildman–Crippen MR) is 43.1 cm³/mol. The summed E-state index contributed by atoms with van der Waals surface area (Å²) < 4.78 is 37.2. The molecule has 68 valence electrons. The highest BCUT2D eigenvalue weighted by Crippen LogP contribution is 2.31. The second kappa shape index (κ2) is 3.28. The lowest BCUT2D eigenvalue weighted by Crippen LogP contribution is -2.14. The van der Waals surface area contributed by atoms with E-state index in [4.69, 9.17) is 7.98 Å². The molecule has 1 rings (SSSR count). The van der Waals surface area contributed by atoms with Crippen molar-refractivity contribution in [2.45, 2.75) is 13.1 Å². The normalized spacial score (nSPS) is 12.6. The zero-order valence-electron chi connectivity index (χ0n) is 6.84. The lowest BCUT2D eigenvalue weighted by Gasteiger charge is -2.07. The molecule has 0 atom stereocenters. The van der Waals surface area contributed by atoms with Crippen molar-refractivity contribution in [3.63, 3.8) is 0 Å². The molecule has 0 bridgehead atoms. The van der Waals surface area contributed by atoms with Gasteiger partial charge in [0.1, 0.15) is 5.69 Å². The number of alkyl halides is 3. The van der Waals surface area contributed by atoms with Crippen LogP contribution < -0.4 is 0 Å². The van der Waals surface area contributed by atoms with Crippen LogP contribution in [-0.2, 0) is 6.18 Å². The summed E-state index contributed by atoms with van der Waals surface area (Å²) >= 11 is 0. The second-order valence-electron chi connectivity index (χ2n) is 2.39. The van der Waals surface area contributed by atoms with Gasteiger partial charge in [-0.1, -0.05) is 12.2 Å². The first kappa shape index (κ1) is 9.89. The van der Waals surface area contributed by atoms with Crippen LogP contribution in [0.4, 0.5) is 13.2 Å². The first-order chi connectivity index (χ1) is 5.96. The van der Waals surface area contributed by atoms with Crippen LogP contribution in [0.25, 0.3) is 6.08 Å². The lowest BCUT2D eigenvalue weighted by molar-refractivity contribution is -0.142. The Hall–Kier alpha value is -1.20. The molecular formula is C7H6BF3N2. The zero-order chi connectivity index (χ0) is 10.1. The van der Waals surface area contributed by atoms with Crippen molar-refractivity contribution in [2.24, 2.45) is 0 Å². The molecule has 0 N–H and O–H groups in total. The van der Waals surface area contributed by atoms with Gasteiger partial charge in [0.15, 0.2) is 0 Å². The molecule has 1 aromatic rings. The Morgan fingerprint density at radius 2 is 2.15 bits per heavy atom. The summed E-state index contributed by atoms with van der Waals surface area (Å²) in [6.45, 7) is 1.62. The van der Waals surface area contributed by atoms with Gasteiger partial charge in [0, 0.05) is 5.56 Å². The van der Waals surface area contributed by atoms with E-state index >= 15 is 0 Å². The van der Waals surface area contributed by atoms with Gasteiger partial charge in [-0.3, -0.25) is 0 Å². The standard InChI is InChI=1S/C7H6BF3N2/c1-2-3-5-4-12-13(8)6(5)7(9,10)11/h2-4H,1H3. The van der Waals surface area contributed by atoms with Crippen LogP contribution in [0.15, 0.2) is 12.3 Å². The van der Waals surface area contributed by atoms with E-state index in [0.717, 1.165) is 6.20 Å². The van der Waals surface area contributed by atoms with Crippen LogP contribution in [-0.4, -0.2) is 17.7 Å². The van der Waals surface area contributed by atoms with E-state index in [0.29, 0.717) is 4.59 Å². The third-order valence-corrected chi connectivity index (χ3v) is 1.44. The van der Waals surface area contributed by atoms with E-state index < -0.39 is 11.9 Å². The average molecular weight is 186 g/mol. The number of hydrogen-bond donors (Lipinski definition) is 0. The molecular weight excluding hydrogens is 180 g/mol. The molecule has 0 aliphatic carbocycles. The minimum atomic E-state index is -4.47. The van der Waals surface area contributed by atoms with E-state index in [2.05, 4.69) is 5.10 Å². The molecule has 0 aliphatic rings. The topological polar surface area (TPSA) is 17.8 Å².